The van der Waals surface area contributed by atoms with Crippen molar-refractivity contribution in [2.24, 2.45) is 4.99 Å². The van der Waals surface area contributed by atoms with Crippen molar-refractivity contribution in [1.82, 2.24) is 15.5 Å². The molecule has 6 nitrogen and oxygen atoms in total. The molecule has 1 saturated heterocycles. The normalized spacial score (nSPS) is 14.9. The third kappa shape index (κ3) is 10.5. The maximum absolute atomic E-state index is 5.98. The van der Waals surface area contributed by atoms with Gasteiger partial charge >= 0.3 is 0 Å². The lowest BCUT2D eigenvalue weighted by Crippen LogP contribution is -2.42. The molecule has 0 bridgehead atoms. The van der Waals surface area contributed by atoms with Crippen LogP contribution in [0.15, 0.2) is 23.2 Å². The molecule has 0 amide bonds. The number of methoxy groups -OCH3 is 1. The predicted octanol–water partition coefficient (Wildman–Crippen LogP) is 3.57. The van der Waals surface area contributed by atoms with E-state index in [1.54, 1.807) is 7.11 Å². The van der Waals surface area contributed by atoms with Crippen LogP contribution in [-0.2, 0) is 11.3 Å². The van der Waals surface area contributed by atoms with E-state index in [4.69, 9.17) is 14.5 Å². The summed E-state index contributed by atoms with van der Waals surface area (Å²) in [6, 6.07) is 6.32. The molecule has 0 aromatic heterocycles. The number of hydrogen-bond acceptors (Lipinski definition) is 4. The van der Waals surface area contributed by atoms with Crippen molar-refractivity contribution in [2.75, 3.05) is 53.0 Å². The highest BCUT2D eigenvalue weighted by atomic mass is 127. The van der Waals surface area contributed by atoms with Gasteiger partial charge in [-0.05, 0) is 51.4 Å². The Bertz CT molecular complexity index is 592. The standard InChI is InChI=1S/C22H38N4O2.HI/c1-4-23-22(24-11-14-26-12-6-5-7-13-26)25-18-20-10-9-19(2)17-21(20)28-16-8-15-27-3;/h9-10,17H,4-8,11-16,18H2,1-3H3,(H2,23,24,25);1H. The van der Waals surface area contributed by atoms with Crippen LogP contribution in [0.25, 0.3) is 0 Å². The highest BCUT2D eigenvalue weighted by molar-refractivity contribution is 14.0. The highest BCUT2D eigenvalue weighted by Crippen LogP contribution is 2.21. The summed E-state index contributed by atoms with van der Waals surface area (Å²) in [7, 11) is 1.72. The Morgan fingerprint density at radius 3 is 2.66 bits per heavy atom. The van der Waals surface area contributed by atoms with Crippen molar-refractivity contribution < 1.29 is 9.47 Å². The highest BCUT2D eigenvalue weighted by Gasteiger charge is 2.10. The average molecular weight is 518 g/mol. The van der Waals surface area contributed by atoms with Crippen molar-refractivity contribution in [2.45, 2.75) is 46.1 Å². The summed E-state index contributed by atoms with van der Waals surface area (Å²) in [5, 5.41) is 6.81. The van der Waals surface area contributed by atoms with Crippen LogP contribution in [0.2, 0.25) is 0 Å². The number of benzene rings is 1. The van der Waals surface area contributed by atoms with E-state index in [0.717, 1.165) is 43.3 Å². The van der Waals surface area contributed by atoms with E-state index < -0.39 is 0 Å². The van der Waals surface area contributed by atoms with Gasteiger partial charge < -0.3 is 25.0 Å². The Kier molecular flexibility index (Phi) is 14.1. The Labute approximate surface area is 193 Å². The first-order valence-corrected chi connectivity index (χ1v) is 10.7. The lowest BCUT2D eigenvalue weighted by molar-refractivity contribution is 0.172. The summed E-state index contributed by atoms with van der Waals surface area (Å²) in [5.41, 5.74) is 2.30. The topological polar surface area (TPSA) is 58.1 Å². The number of ether oxygens (including phenoxy) is 2. The van der Waals surface area contributed by atoms with E-state index in [1.807, 2.05) is 0 Å². The average Bonchev–Trinajstić information content (AvgIpc) is 2.71. The molecule has 1 aliphatic rings. The minimum Gasteiger partial charge on any atom is -0.493 e. The van der Waals surface area contributed by atoms with Gasteiger partial charge in [0.25, 0.3) is 0 Å². The van der Waals surface area contributed by atoms with Crippen LogP contribution in [-0.4, -0.2) is 63.9 Å². The third-order valence-corrected chi connectivity index (χ3v) is 4.89. The van der Waals surface area contributed by atoms with Crippen molar-refractivity contribution >= 4 is 29.9 Å². The van der Waals surface area contributed by atoms with Crippen LogP contribution >= 0.6 is 24.0 Å². The number of likely N-dealkylation sites (tertiary alicyclic amines) is 1. The van der Waals surface area contributed by atoms with E-state index in [9.17, 15) is 0 Å². The van der Waals surface area contributed by atoms with Crippen molar-refractivity contribution in [3.05, 3.63) is 29.3 Å². The molecule has 0 unspecified atom stereocenters. The van der Waals surface area contributed by atoms with Gasteiger partial charge in [0.2, 0.25) is 0 Å². The van der Waals surface area contributed by atoms with Gasteiger partial charge in [-0.15, -0.1) is 24.0 Å². The summed E-state index contributed by atoms with van der Waals surface area (Å²) >= 11 is 0. The van der Waals surface area contributed by atoms with Gasteiger partial charge in [0.05, 0.1) is 13.2 Å². The van der Waals surface area contributed by atoms with Gasteiger partial charge in [0.1, 0.15) is 5.75 Å². The number of aryl methyl sites for hydroxylation is 1. The van der Waals surface area contributed by atoms with Crippen LogP contribution < -0.4 is 15.4 Å². The number of nitrogens with one attached hydrogen (secondary N) is 2. The maximum atomic E-state index is 5.98. The van der Waals surface area contributed by atoms with Crippen molar-refractivity contribution in [1.29, 1.82) is 0 Å². The largest absolute Gasteiger partial charge is 0.493 e. The lowest BCUT2D eigenvalue weighted by atomic mass is 10.1. The number of aliphatic imine (C=N–C) groups is 1. The maximum Gasteiger partial charge on any atom is 0.191 e. The molecule has 166 valence electrons. The van der Waals surface area contributed by atoms with E-state index in [0.29, 0.717) is 19.8 Å². The fraction of sp³-hybridized carbons (Fsp3) is 0.682. The van der Waals surface area contributed by atoms with Gasteiger partial charge in [0, 0.05) is 45.3 Å². The molecule has 1 heterocycles. The molecule has 0 atom stereocenters. The predicted molar refractivity (Wildman–Crippen MR) is 132 cm³/mol. The minimum atomic E-state index is 0. The molecule has 1 aromatic rings. The Balaban J connectivity index is 0.00000420. The number of hydrogen-bond donors (Lipinski definition) is 2. The van der Waals surface area contributed by atoms with Gasteiger partial charge in [0.15, 0.2) is 5.96 Å². The lowest BCUT2D eigenvalue weighted by Gasteiger charge is -2.26. The fourth-order valence-corrected chi connectivity index (χ4v) is 3.33. The molecular weight excluding hydrogens is 479 g/mol. The molecule has 1 aromatic carbocycles. The molecule has 0 radical (unpaired) electrons. The molecule has 29 heavy (non-hydrogen) atoms. The van der Waals surface area contributed by atoms with Gasteiger partial charge in [-0.1, -0.05) is 18.6 Å². The molecule has 1 fully saturated rings. The zero-order valence-corrected chi connectivity index (χ0v) is 20.7. The van der Waals surface area contributed by atoms with Crippen LogP contribution in [0.5, 0.6) is 5.75 Å². The van der Waals surface area contributed by atoms with Gasteiger partial charge in [-0.3, -0.25) is 0 Å². The molecule has 0 spiro atoms. The summed E-state index contributed by atoms with van der Waals surface area (Å²) in [5.74, 6) is 1.79. The first kappa shape index (κ1) is 26.0. The second kappa shape index (κ2) is 15.7. The Morgan fingerprint density at radius 2 is 1.93 bits per heavy atom. The zero-order valence-electron chi connectivity index (χ0n) is 18.3. The Hall–Kier alpha value is -1.06. The molecule has 0 saturated carbocycles. The van der Waals surface area contributed by atoms with Crippen LogP contribution in [0, 0.1) is 6.92 Å². The number of guanidine groups is 1. The van der Waals surface area contributed by atoms with Crippen molar-refractivity contribution in [3.8, 4) is 5.75 Å². The summed E-state index contributed by atoms with van der Waals surface area (Å²) in [4.78, 5) is 7.31. The van der Waals surface area contributed by atoms with E-state index in [2.05, 4.69) is 47.6 Å². The van der Waals surface area contributed by atoms with Crippen LogP contribution in [0.3, 0.4) is 0 Å². The summed E-state index contributed by atoms with van der Waals surface area (Å²) in [6.45, 7) is 11.4. The first-order valence-electron chi connectivity index (χ1n) is 10.7. The second-order valence-corrected chi connectivity index (χ2v) is 7.33. The van der Waals surface area contributed by atoms with Crippen LogP contribution in [0.1, 0.15) is 43.7 Å². The molecule has 1 aliphatic heterocycles. The number of rotatable bonds is 11. The quantitative estimate of drug-likeness (QED) is 0.203. The van der Waals surface area contributed by atoms with E-state index >= 15 is 0 Å². The van der Waals surface area contributed by atoms with Crippen molar-refractivity contribution in [3.63, 3.8) is 0 Å². The van der Waals surface area contributed by atoms with Gasteiger partial charge in [-0.2, -0.15) is 0 Å². The number of halogens is 1. The molecule has 0 aliphatic carbocycles. The summed E-state index contributed by atoms with van der Waals surface area (Å²) < 4.78 is 11.1. The third-order valence-electron chi connectivity index (χ3n) is 4.89. The summed E-state index contributed by atoms with van der Waals surface area (Å²) in [6.07, 6.45) is 4.91. The molecule has 2 N–H and O–H groups in total. The van der Waals surface area contributed by atoms with Crippen LogP contribution in [0.4, 0.5) is 0 Å². The van der Waals surface area contributed by atoms with E-state index in [-0.39, 0.29) is 24.0 Å². The molecular formula is C22H39IN4O2. The monoisotopic (exact) mass is 518 g/mol. The fourth-order valence-electron chi connectivity index (χ4n) is 3.33. The Morgan fingerprint density at radius 1 is 1.14 bits per heavy atom. The zero-order chi connectivity index (χ0) is 20.0. The number of nitrogens with zero attached hydrogens (tertiary/aromatic N) is 2. The van der Waals surface area contributed by atoms with Gasteiger partial charge in [-0.25, -0.2) is 4.99 Å². The first-order chi connectivity index (χ1) is 13.7. The molecule has 7 heteroatoms. The smallest absolute Gasteiger partial charge is 0.191 e. The second-order valence-electron chi connectivity index (χ2n) is 7.33. The molecule has 2 rings (SSSR count). The SMILES string of the molecule is CCNC(=NCc1ccc(C)cc1OCCCOC)NCCN1CCCCC1.I. The minimum absolute atomic E-state index is 0. The number of piperidine rings is 1. The van der Waals surface area contributed by atoms with E-state index in [1.165, 1.54) is 37.9 Å².